The maximum absolute atomic E-state index is 12.8. The average molecular weight is 395 g/mol. The van der Waals surface area contributed by atoms with Gasteiger partial charge in [0.1, 0.15) is 11.5 Å². The molecule has 152 valence electrons. The molecule has 0 radical (unpaired) electrons. The number of fused-ring (bicyclic) bond motifs is 1. The number of hydrogen-bond donors (Lipinski definition) is 0. The SMILES string of the molecule is COc1ccc(CN2C[C@H]3CN(C(=O)COc4ccccc4)CCN3C2=O)cc1. The zero-order valence-electron chi connectivity index (χ0n) is 16.5. The zero-order chi connectivity index (χ0) is 20.2. The van der Waals surface area contributed by atoms with Gasteiger partial charge in [0, 0.05) is 32.7 Å². The number of hydrogen-bond acceptors (Lipinski definition) is 4. The Morgan fingerprint density at radius 2 is 1.76 bits per heavy atom. The Bertz CT molecular complexity index is 856. The van der Waals surface area contributed by atoms with E-state index in [4.69, 9.17) is 9.47 Å². The zero-order valence-corrected chi connectivity index (χ0v) is 16.5. The highest BCUT2D eigenvalue weighted by Crippen LogP contribution is 2.23. The minimum absolute atomic E-state index is 0.0141. The molecule has 2 aliphatic rings. The van der Waals surface area contributed by atoms with Gasteiger partial charge in [0.2, 0.25) is 0 Å². The number of carbonyl (C=O) groups excluding carboxylic acids is 2. The minimum atomic E-state index is -0.0467. The number of rotatable bonds is 6. The Labute approximate surface area is 170 Å². The van der Waals surface area contributed by atoms with Crippen LogP contribution < -0.4 is 9.47 Å². The molecule has 3 amide bonds. The quantitative estimate of drug-likeness (QED) is 0.753. The predicted octanol–water partition coefficient (Wildman–Crippen LogP) is 2.22. The van der Waals surface area contributed by atoms with Gasteiger partial charge in [-0.25, -0.2) is 4.79 Å². The van der Waals surface area contributed by atoms with Crippen LogP contribution in [0.1, 0.15) is 5.56 Å². The second-order valence-electron chi connectivity index (χ2n) is 7.30. The van der Waals surface area contributed by atoms with Crippen LogP contribution in [0.15, 0.2) is 54.6 Å². The van der Waals surface area contributed by atoms with Crippen molar-refractivity contribution >= 4 is 11.9 Å². The van der Waals surface area contributed by atoms with Gasteiger partial charge < -0.3 is 24.2 Å². The van der Waals surface area contributed by atoms with Gasteiger partial charge in [-0.2, -0.15) is 0 Å². The van der Waals surface area contributed by atoms with E-state index in [-0.39, 0.29) is 24.6 Å². The summed E-state index contributed by atoms with van der Waals surface area (Å²) in [5.41, 5.74) is 1.06. The molecule has 0 N–H and O–H groups in total. The summed E-state index contributed by atoms with van der Waals surface area (Å²) in [5, 5.41) is 0. The molecule has 7 nitrogen and oxygen atoms in total. The fourth-order valence-electron chi connectivity index (χ4n) is 3.84. The van der Waals surface area contributed by atoms with Crippen LogP contribution in [0.4, 0.5) is 4.79 Å². The fraction of sp³-hybridized carbons (Fsp3) is 0.364. The number of benzene rings is 2. The van der Waals surface area contributed by atoms with E-state index in [2.05, 4.69) is 0 Å². The topological polar surface area (TPSA) is 62.3 Å². The number of nitrogens with zero attached hydrogens (tertiary/aromatic N) is 3. The lowest BCUT2D eigenvalue weighted by Gasteiger charge is -2.36. The van der Waals surface area contributed by atoms with Gasteiger partial charge in [0.15, 0.2) is 6.61 Å². The molecule has 2 heterocycles. The van der Waals surface area contributed by atoms with Crippen LogP contribution in [0.5, 0.6) is 11.5 Å². The standard InChI is InChI=1S/C22H25N3O4/c1-28-19-9-7-17(8-10-19)13-24-15-18-14-23(11-12-25(18)22(24)27)21(26)16-29-20-5-3-2-4-6-20/h2-10,18H,11-16H2,1H3/t18-/m1/s1. The first-order valence-electron chi connectivity index (χ1n) is 9.78. The first-order chi connectivity index (χ1) is 14.1. The molecular formula is C22H25N3O4. The van der Waals surface area contributed by atoms with Gasteiger partial charge in [-0.05, 0) is 29.8 Å². The van der Waals surface area contributed by atoms with Crippen molar-refractivity contribution in [1.82, 2.24) is 14.7 Å². The lowest BCUT2D eigenvalue weighted by Crippen LogP contribution is -2.54. The molecule has 1 atom stereocenters. The van der Waals surface area contributed by atoms with Gasteiger partial charge >= 0.3 is 6.03 Å². The number of ether oxygens (including phenoxy) is 2. The van der Waals surface area contributed by atoms with Crippen LogP contribution in [0.25, 0.3) is 0 Å². The van der Waals surface area contributed by atoms with Crippen LogP contribution in [0.3, 0.4) is 0 Å². The van der Waals surface area contributed by atoms with Gasteiger partial charge in [0.25, 0.3) is 5.91 Å². The Hall–Kier alpha value is -3.22. The lowest BCUT2D eigenvalue weighted by atomic mass is 10.2. The number of carbonyl (C=O) groups is 2. The van der Waals surface area contributed by atoms with E-state index in [0.29, 0.717) is 38.5 Å². The highest BCUT2D eigenvalue weighted by atomic mass is 16.5. The van der Waals surface area contributed by atoms with Gasteiger partial charge in [-0.3, -0.25) is 4.79 Å². The second-order valence-corrected chi connectivity index (χ2v) is 7.30. The summed E-state index contributed by atoms with van der Waals surface area (Å²) in [7, 11) is 1.63. The Balaban J connectivity index is 1.32. The van der Waals surface area contributed by atoms with Gasteiger partial charge in [-0.1, -0.05) is 30.3 Å². The molecule has 0 aliphatic carbocycles. The normalized spacial score (nSPS) is 18.6. The van der Waals surface area contributed by atoms with E-state index in [0.717, 1.165) is 11.3 Å². The van der Waals surface area contributed by atoms with Crippen LogP contribution in [0, 0.1) is 0 Å². The Morgan fingerprint density at radius 3 is 2.48 bits per heavy atom. The summed E-state index contributed by atoms with van der Waals surface area (Å²) in [6.45, 7) is 2.83. The number of para-hydroxylation sites is 1. The van der Waals surface area contributed by atoms with E-state index in [1.807, 2.05) is 64.4 Å². The summed E-state index contributed by atoms with van der Waals surface area (Å²) in [6.07, 6.45) is 0. The third-order valence-corrected chi connectivity index (χ3v) is 5.42. The maximum Gasteiger partial charge on any atom is 0.320 e. The average Bonchev–Trinajstić information content (AvgIpc) is 3.08. The van der Waals surface area contributed by atoms with E-state index in [1.54, 1.807) is 12.0 Å². The summed E-state index contributed by atoms with van der Waals surface area (Å²) >= 11 is 0. The molecule has 0 saturated carbocycles. The van der Waals surface area contributed by atoms with Crippen molar-refractivity contribution < 1.29 is 19.1 Å². The van der Waals surface area contributed by atoms with Crippen molar-refractivity contribution in [2.75, 3.05) is 39.9 Å². The van der Waals surface area contributed by atoms with Crippen molar-refractivity contribution in [3.8, 4) is 11.5 Å². The van der Waals surface area contributed by atoms with Crippen molar-refractivity contribution in [3.63, 3.8) is 0 Å². The molecule has 0 unspecified atom stereocenters. The molecule has 2 aromatic rings. The van der Waals surface area contributed by atoms with Gasteiger partial charge in [0.05, 0.1) is 13.2 Å². The maximum atomic E-state index is 12.8. The number of amides is 3. The van der Waals surface area contributed by atoms with Gasteiger partial charge in [-0.15, -0.1) is 0 Å². The smallest absolute Gasteiger partial charge is 0.320 e. The molecule has 2 fully saturated rings. The molecular weight excluding hydrogens is 370 g/mol. The Kier molecular flexibility index (Phi) is 5.55. The van der Waals surface area contributed by atoms with Crippen molar-refractivity contribution in [2.24, 2.45) is 0 Å². The van der Waals surface area contributed by atoms with Crippen LogP contribution in [-0.2, 0) is 11.3 Å². The van der Waals surface area contributed by atoms with E-state index in [1.165, 1.54) is 0 Å². The third-order valence-electron chi connectivity index (χ3n) is 5.42. The summed E-state index contributed by atoms with van der Waals surface area (Å²) in [4.78, 5) is 30.8. The summed E-state index contributed by atoms with van der Waals surface area (Å²) in [6, 6.07) is 17.1. The van der Waals surface area contributed by atoms with E-state index >= 15 is 0 Å². The molecule has 4 rings (SSSR count). The molecule has 2 aliphatic heterocycles. The molecule has 0 spiro atoms. The first-order valence-corrected chi connectivity index (χ1v) is 9.78. The molecule has 7 heteroatoms. The highest BCUT2D eigenvalue weighted by Gasteiger charge is 2.41. The van der Waals surface area contributed by atoms with Crippen LogP contribution >= 0.6 is 0 Å². The molecule has 0 bridgehead atoms. The monoisotopic (exact) mass is 395 g/mol. The molecule has 2 saturated heterocycles. The van der Waals surface area contributed by atoms with Crippen molar-refractivity contribution in [1.29, 1.82) is 0 Å². The number of methoxy groups -OCH3 is 1. The predicted molar refractivity (Wildman–Crippen MR) is 108 cm³/mol. The third kappa shape index (κ3) is 4.29. The summed E-state index contributed by atoms with van der Waals surface area (Å²) in [5.74, 6) is 1.43. The first kappa shape index (κ1) is 19.1. The lowest BCUT2D eigenvalue weighted by molar-refractivity contribution is -0.135. The van der Waals surface area contributed by atoms with Crippen LogP contribution in [-0.4, -0.2) is 72.6 Å². The second kappa shape index (κ2) is 8.43. The molecule has 0 aromatic heterocycles. The number of urea groups is 1. The largest absolute Gasteiger partial charge is 0.497 e. The van der Waals surface area contributed by atoms with E-state index in [9.17, 15) is 9.59 Å². The highest BCUT2D eigenvalue weighted by molar-refractivity contribution is 5.80. The van der Waals surface area contributed by atoms with Crippen molar-refractivity contribution in [2.45, 2.75) is 12.6 Å². The molecule has 2 aromatic carbocycles. The Morgan fingerprint density at radius 1 is 1.00 bits per heavy atom. The minimum Gasteiger partial charge on any atom is -0.497 e. The van der Waals surface area contributed by atoms with Crippen molar-refractivity contribution in [3.05, 3.63) is 60.2 Å². The van der Waals surface area contributed by atoms with Crippen LogP contribution in [0.2, 0.25) is 0 Å². The number of piperazine rings is 1. The van der Waals surface area contributed by atoms with E-state index < -0.39 is 0 Å². The summed E-state index contributed by atoms with van der Waals surface area (Å²) < 4.78 is 10.8. The molecule has 29 heavy (non-hydrogen) atoms. The fourth-order valence-corrected chi connectivity index (χ4v) is 3.84.